The van der Waals surface area contributed by atoms with Gasteiger partial charge in [0.2, 0.25) is 0 Å². The zero-order valence-corrected chi connectivity index (χ0v) is 7.88. The Morgan fingerprint density at radius 1 is 1.53 bits per heavy atom. The Hall–Kier alpha value is -1.34. The van der Waals surface area contributed by atoms with Gasteiger partial charge in [0.15, 0.2) is 0 Å². The van der Waals surface area contributed by atoms with Gasteiger partial charge in [-0.25, -0.2) is 10.8 Å². The van der Waals surface area contributed by atoms with E-state index in [4.69, 9.17) is 11.6 Å². The molecule has 1 aromatic rings. The molecule has 0 unspecified atom stereocenters. The quantitative estimate of drug-likeness (QED) is 0.279. The Bertz CT molecular complexity index is 385. The number of nitrogens with two attached hydrogens (primary N) is 1. The molecule has 0 aliphatic heterocycles. The molecule has 0 fully saturated rings. The van der Waals surface area contributed by atoms with Crippen molar-refractivity contribution in [2.24, 2.45) is 5.84 Å². The lowest BCUT2D eigenvalue weighted by Crippen LogP contribution is -2.41. The summed E-state index contributed by atoms with van der Waals surface area (Å²) in [5, 5.41) is -1.43. The molecule has 4 nitrogen and oxygen atoms in total. The highest BCUT2D eigenvalue weighted by molar-refractivity contribution is 6.29. The molecular weight excluding hydrogens is 235 g/mol. The summed E-state index contributed by atoms with van der Waals surface area (Å²) >= 11 is 5.34. The minimum absolute atomic E-state index is 0.234. The third kappa shape index (κ3) is 2.37. The maximum Gasteiger partial charge on any atom is 0.370 e. The van der Waals surface area contributed by atoms with Crippen LogP contribution in [-0.2, 0) is 10.7 Å². The third-order valence-corrected chi connectivity index (χ3v) is 1.71. The van der Waals surface area contributed by atoms with Gasteiger partial charge >= 0.3 is 11.8 Å². The molecule has 8 heteroatoms. The van der Waals surface area contributed by atoms with Crippen molar-refractivity contribution < 1.29 is 18.1 Å². The SMILES string of the molecule is NN(F)C(=O)C(F)(F)c1cccc(Cl)n1. The fourth-order valence-corrected chi connectivity index (χ4v) is 0.991. The van der Waals surface area contributed by atoms with Gasteiger partial charge in [0, 0.05) is 0 Å². The maximum absolute atomic E-state index is 13.1. The van der Waals surface area contributed by atoms with Crippen molar-refractivity contribution in [3.05, 3.63) is 29.0 Å². The molecule has 0 bridgehead atoms. The molecule has 0 spiro atoms. The number of aromatic nitrogens is 1. The van der Waals surface area contributed by atoms with Gasteiger partial charge < -0.3 is 0 Å². The average molecular weight is 240 g/mol. The smallest absolute Gasteiger partial charge is 0.263 e. The number of hydrogen-bond donors (Lipinski definition) is 1. The lowest BCUT2D eigenvalue weighted by Gasteiger charge is -2.15. The summed E-state index contributed by atoms with van der Waals surface area (Å²) in [4.78, 5) is 13.9. The van der Waals surface area contributed by atoms with E-state index in [0.29, 0.717) is 0 Å². The Morgan fingerprint density at radius 2 is 2.13 bits per heavy atom. The predicted octanol–water partition coefficient (Wildman–Crippen LogP) is 1.41. The van der Waals surface area contributed by atoms with Crippen molar-refractivity contribution in [3.8, 4) is 0 Å². The van der Waals surface area contributed by atoms with Crippen LogP contribution in [0.1, 0.15) is 5.69 Å². The normalized spacial score (nSPS) is 11.3. The lowest BCUT2D eigenvalue weighted by atomic mass is 10.2. The molecule has 2 N–H and O–H groups in total. The molecule has 0 saturated heterocycles. The zero-order chi connectivity index (χ0) is 11.6. The van der Waals surface area contributed by atoms with E-state index >= 15 is 0 Å². The van der Waals surface area contributed by atoms with Crippen LogP contribution >= 0.6 is 11.6 Å². The second-order valence-electron chi connectivity index (χ2n) is 2.54. The van der Waals surface area contributed by atoms with Crippen molar-refractivity contribution in [1.29, 1.82) is 0 Å². The van der Waals surface area contributed by atoms with Gasteiger partial charge in [-0.1, -0.05) is 22.1 Å². The summed E-state index contributed by atoms with van der Waals surface area (Å²) in [7, 11) is 0. The van der Waals surface area contributed by atoms with E-state index in [1.807, 2.05) is 0 Å². The summed E-state index contributed by atoms with van der Waals surface area (Å²) in [6.45, 7) is 0. The highest BCUT2D eigenvalue weighted by atomic mass is 35.5. The monoisotopic (exact) mass is 239 g/mol. The standard InChI is InChI=1S/C7H5ClF3N3O/c8-5-3-1-2-4(13-5)7(9,10)6(15)14(11)12/h1-3H,12H2. The number of hydrogen-bond acceptors (Lipinski definition) is 3. The first-order valence-electron chi connectivity index (χ1n) is 3.61. The molecule has 82 valence electrons. The van der Waals surface area contributed by atoms with Gasteiger partial charge in [-0.3, -0.25) is 4.79 Å². The fraction of sp³-hybridized carbons (Fsp3) is 0.143. The number of nitrogens with zero attached hydrogens (tertiary/aromatic N) is 2. The Balaban J connectivity index is 3.10. The van der Waals surface area contributed by atoms with Gasteiger partial charge in [-0.2, -0.15) is 8.78 Å². The molecule has 1 rings (SSSR count). The van der Waals surface area contributed by atoms with Crippen LogP contribution in [0, 0.1) is 0 Å². The second-order valence-corrected chi connectivity index (χ2v) is 2.92. The summed E-state index contributed by atoms with van der Waals surface area (Å²) < 4.78 is 38.4. The van der Waals surface area contributed by atoms with E-state index in [1.54, 1.807) is 0 Å². The largest absolute Gasteiger partial charge is 0.370 e. The molecule has 15 heavy (non-hydrogen) atoms. The third-order valence-electron chi connectivity index (χ3n) is 1.50. The summed E-state index contributed by atoms with van der Waals surface area (Å²) in [6, 6.07) is 3.24. The molecule has 1 aromatic heterocycles. The van der Waals surface area contributed by atoms with Crippen molar-refractivity contribution in [2.75, 3.05) is 0 Å². The maximum atomic E-state index is 13.1. The number of alkyl halides is 2. The number of halogens is 4. The van der Waals surface area contributed by atoms with E-state index in [2.05, 4.69) is 10.8 Å². The molecular formula is C7H5ClF3N3O. The van der Waals surface area contributed by atoms with E-state index in [9.17, 15) is 18.1 Å². The minimum Gasteiger partial charge on any atom is -0.263 e. The van der Waals surface area contributed by atoms with Crippen molar-refractivity contribution in [2.45, 2.75) is 5.92 Å². The fourth-order valence-electron chi connectivity index (χ4n) is 0.827. The molecule has 0 aromatic carbocycles. The first-order chi connectivity index (χ1) is 6.85. The van der Waals surface area contributed by atoms with Gasteiger partial charge in [0.05, 0.1) is 0 Å². The van der Waals surface area contributed by atoms with Crippen LogP contribution in [0.4, 0.5) is 13.3 Å². The highest BCUT2D eigenvalue weighted by Gasteiger charge is 2.45. The number of carbonyl (C=O) groups excluding carboxylic acids is 1. The van der Waals surface area contributed by atoms with Crippen LogP contribution in [0.5, 0.6) is 0 Å². The Kier molecular flexibility index (Phi) is 3.15. The molecule has 1 heterocycles. The number of hydrazine groups is 1. The van der Waals surface area contributed by atoms with Crippen LogP contribution in [0.25, 0.3) is 0 Å². The summed E-state index contributed by atoms with van der Waals surface area (Å²) in [5.41, 5.74) is -0.965. The number of pyridine rings is 1. The molecule has 0 aliphatic carbocycles. The van der Waals surface area contributed by atoms with E-state index < -0.39 is 22.8 Å². The van der Waals surface area contributed by atoms with Crippen molar-refractivity contribution in [1.82, 2.24) is 10.2 Å². The first kappa shape index (κ1) is 11.7. The minimum atomic E-state index is -4.14. The van der Waals surface area contributed by atoms with Crippen LogP contribution in [0.15, 0.2) is 18.2 Å². The van der Waals surface area contributed by atoms with Crippen LogP contribution in [0.3, 0.4) is 0 Å². The number of amides is 1. The van der Waals surface area contributed by atoms with Gasteiger partial charge in [0.25, 0.3) is 0 Å². The van der Waals surface area contributed by atoms with Crippen LogP contribution < -0.4 is 5.84 Å². The topological polar surface area (TPSA) is 59.2 Å². The van der Waals surface area contributed by atoms with E-state index in [0.717, 1.165) is 12.1 Å². The first-order valence-corrected chi connectivity index (χ1v) is 3.99. The number of rotatable bonds is 2. The van der Waals surface area contributed by atoms with E-state index in [1.165, 1.54) is 6.07 Å². The Morgan fingerprint density at radius 3 is 2.60 bits per heavy atom. The highest BCUT2D eigenvalue weighted by Crippen LogP contribution is 2.28. The lowest BCUT2D eigenvalue weighted by molar-refractivity contribution is -0.176. The van der Waals surface area contributed by atoms with Gasteiger partial charge in [-0.15, -0.1) is 5.23 Å². The predicted molar refractivity (Wildman–Crippen MR) is 45.3 cm³/mol. The van der Waals surface area contributed by atoms with Crippen LogP contribution in [0.2, 0.25) is 5.15 Å². The summed E-state index contributed by atoms with van der Waals surface area (Å²) in [5.74, 6) is -2.08. The molecule has 1 amide bonds. The van der Waals surface area contributed by atoms with Crippen LogP contribution in [-0.4, -0.2) is 16.1 Å². The molecule has 0 radical (unpaired) electrons. The van der Waals surface area contributed by atoms with Gasteiger partial charge in [0.1, 0.15) is 10.8 Å². The zero-order valence-electron chi connectivity index (χ0n) is 7.12. The molecule has 0 saturated carbocycles. The van der Waals surface area contributed by atoms with Crippen molar-refractivity contribution >= 4 is 17.5 Å². The second kappa shape index (κ2) is 4.03. The van der Waals surface area contributed by atoms with Gasteiger partial charge in [-0.05, 0) is 12.1 Å². The molecule has 0 atom stereocenters. The average Bonchev–Trinajstić information content (AvgIpc) is 2.16. The Labute approximate surface area is 87.3 Å². The number of carbonyl (C=O) groups is 1. The summed E-state index contributed by atoms with van der Waals surface area (Å²) in [6.07, 6.45) is 0. The van der Waals surface area contributed by atoms with E-state index in [-0.39, 0.29) is 5.15 Å². The van der Waals surface area contributed by atoms with Crippen molar-refractivity contribution in [3.63, 3.8) is 0 Å². The molecule has 0 aliphatic rings.